The van der Waals surface area contributed by atoms with E-state index in [4.69, 9.17) is 0 Å². The molecule has 0 aliphatic rings. The zero-order valence-corrected chi connectivity index (χ0v) is 8.88. The number of para-hydroxylation sites is 2. The fourth-order valence-corrected chi connectivity index (χ4v) is 1.32. The maximum absolute atomic E-state index is 10.3. The number of hydrogen-bond donors (Lipinski definition) is 1. The summed E-state index contributed by atoms with van der Waals surface area (Å²) >= 11 is 0. The molecular formula is C9H12N2O2S. The second kappa shape index (κ2) is 4.66. The SMILES string of the molecule is CN(C)c1ccccc1NC=S(=O)=O. The summed E-state index contributed by atoms with van der Waals surface area (Å²) in [6, 6.07) is 7.47. The molecule has 0 aliphatic heterocycles. The van der Waals surface area contributed by atoms with Crippen LogP contribution in [-0.2, 0) is 10.3 Å². The fraction of sp³-hybridized carbons (Fsp3) is 0.222. The Morgan fingerprint density at radius 1 is 1.29 bits per heavy atom. The normalized spacial score (nSPS) is 9.29. The topological polar surface area (TPSA) is 49.4 Å². The van der Waals surface area contributed by atoms with Crippen molar-refractivity contribution >= 4 is 27.2 Å². The summed E-state index contributed by atoms with van der Waals surface area (Å²) in [6.07, 6.45) is 0. The first-order chi connectivity index (χ1) is 6.61. The second-order valence-corrected chi connectivity index (χ2v) is 3.69. The van der Waals surface area contributed by atoms with Crippen LogP contribution in [0.2, 0.25) is 0 Å². The van der Waals surface area contributed by atoms with Crippen LogP contribution in [-0.4, -0.2) is 28.0 Å². The minimum atomic E-state index is -2.19. The Balaban J connectivity index is 3.01. The van der Waals surface area contributed by atoms with Crippen LogP contribution in [0.4, 0.5) is 11.4 Å². The van der Waals surface area contributed by atoms with Crippen LogP contribution < -0.4 is 10.2 Å². The quantitative estimate of drug-likeness (QED) is 0.753. The van der Waals surface area contributed by atoms with E-state index in [0.29, 0.717) is 0 Å². The smallest absolute Gasteiger partial charge is 0.230 e. The molecule has 0 bridgehead atoms. The van der Waals surface area contributed by atoms with Gasteiger partial charge in [0.05, 0.1) is 11.4 Å². The van der Waals surface area contributed by atoms with Crippen LogP contribution in [0, 0.1) is 0 Å². The highest BCUT2D eigenvalue weighted by molar-refractivity contribution is 7.71. The molecule has 0 amide bonds. The van der Waals surface area contributed by atoms with Crippen LogP contribution in [0.5, 0.6) is 0 Å². The van der Waals surface area contributed by atoms with E-state index in [2.05, 4.69) is 5.32 Å². The van der Waals surface area contributed by atoms with Gasteiger partial charge in [0.2, 0.25) is 10.3 Å². The Morgan fingerprint density at radius 3 is 2.50 bits per heavy atom. The predicted octanol–water partition coefficient (Wildman–Crippen LogP) is 0.803. The van der Waals surface area contributed by atoms with Crippen LogP contribution in [0.3, 0.4) is 0 Å². The Hall–Kier alpha value is -1.49. The third-order valence-electron chi connectivity index (χ3n) is 1.70. The first-order valence-corrected chi connectivity index (χ1v) is 5.19. The lowest BCUT2D eigenvalue weighted by Crippen LogP contribution is -2.11. The molecule has 5 heteroatoms. The zero-order valence-electron chi connectivity index (χ0n) is 8.06. The Morgan fingerprint density at radius 2 is 1.93 bits per heavy atom. The van der Waals surface area contributed by atoms with Crippen molar-refractivity contribution in [3.05, 3.63) is 24.3 Å². The van der Waals surface area contributed by atoms with E-state index < -0.39 is 10.3 Å². The molecule has 0 spiro atoms. The first kappa shape index (κ1) is 10.6. The number of nitrogens with one attached hydrogen (secondary N) is 1. The Kier molecular flexibility index (Phi) is 3.53. The fourth-order valence-electron chi connectivity index (χ4n) is 1.10. The molecule has 0 aromatic heterocycles. The summed E-state index contributed by atoms with van der Waals surface area (Å²) in [5, 5.41) is 2.71. The second-order valence-electron chi connectivity index (χ2n) is 2.93. The molecule has 1 aromatic rings. The monoisotopic (exact) mass is 212 g/mol. The van der Waals surface area contributed by atoms with E-state index in [9.17, 15) is 8.42 Å². The van der Waals surface area contributed by atoms with Gasteiger partial charge in [0.25, 0.3) is 0 Å². The Bertz CT molecular complexity index is 430. The van der Waals surface area contributed by atoms with Gasteiger partial charge >= 0.3 is 0 Å². The Labute approximate surface area is 84.7 Å². The molecule has 0 unspecified atom stereocenters. The largest absolute Gasteiger partial charge is 0.376 e. The van der Waals surface area contributed by atoms with Crippen molar-refractivity contribution in [2.75, 3.05) is 24.3 Å². The highest BCUT2D eigenvalue weighted by Crippen LogP contribution is 2.22. The molecule has 0 fully saturated rings. The molecule has 0 radical (unpaired) electrons. The van der Waals surface area contributed by atoms with Gasteiger partial charge in [0.15, 0.2) is 0 Å². The minimum absolute atomic E-state index is 0.765. The molecule has 0 aliphatic carbocycles. The van der Waals surface area contributed by atoms with Gasteiger partial charge in [0.1, 0.15) is 5.49 Å². The van der Waals surface area contributed by atoms with Crippen molar-refractivity contribution in [3.8, 4) is 0 Å². The molecule has 0 saturated carbocycles. The third-order valence-corrected chi connectivity index (χ3v) is 2.01. The maximum Gasteiger partial charge on any atom is 0.230 e. The zero-order chi connectivity index (χ0) is 10.6. The molecule has 1 N–H and O–H groups in total. The molecule has 1 aromatic carbocycles. The average molecular weight is 212 g/mol. The third kappa shape index (κ3) is 2.77. The molecule has 0 atom stereocenters. The van der Waals surface area contributed by atoms with Crippen LogP contribution in [0.1, 0.15) is 0 Å². The summed E-state index contributed by atoms with van der Waals surface area (Å²) < 4.78 is 20.6. The van der Waals surface area contributed by atoms with E-state index in [1.807, 2.05) is 43.3 Å². The van der Waals surface area contributed by atoms with Gasteiger partial charge in [-0.2, -0.15) is 8.42 Å². The lowest BCUT2D eigenvalue weighted by Gasteiger charge is -2.16. The van der Waals surface area contributed by atoms with E-state index in [0.717, 1.165) is 16.9 Å². The van der Waals surface area contributed by atoms with E-state index in [1.165, 1.54) is 0 Å². The van der Waals surface area contributed by atoms with Gasteiger partial charge in [0, 0.05) is 14.1 Å². The lowest BCUT2D eigenvalue weighted by molar-refractivity contribution is 0.627. The minimum Gasteiger partial charge on any atom is -0.376 e. The summed E-state index contributed by atoms with van der Waals surface area (Å²) in [5.41, 5.74) is 2.72. The highest BCUT2D eigenvalue weighted by Gasteiger charge is 2.00. The number of anilines is 2. The van der Waals surface area contributed by atoms with E-state index in [1.54, 1.807) is 0 Å². The van der Waals surface area contributed by atoms with Crippen LogP contribution in [0.15, 0.2) is 24.3 Å². The summed E-state index contributed by atoms with van der Waals surface area (Å²) in [7, 11) is 1.60. The van der Waals surface area contributed by atoms with Crippen LogP contribution >= 0.6 is 0 Å². The lowest BCUT2D eigenvalue weighted by atomic mass is 10.2. The van der Waals surface area contributed by atoms with E-state index in [-0.39, 0.29) is 0 Å². The average Bonchev–Trinajstić information content (AvgIpc) is 2.15. The van der Waals surface area contributed by atoms with Gasteiger partial charge in [-0.3, -0.25) is 0 Å². The summed E-state index contributed by atoms with van der Waals surface area (Å²) in [5.74, 6) is 0. The van der Waals surface area contributed by atoms with Gasteiger partial charge in [-0.25, -0.2) is 0 Å². The maximum atomic E-state index is 10.3. The van der Waals surface area contributed by atoms with Crippen molar-refractivity contribution in [2.45, 2.75) is 0 Å². The van der Waals surface area contributed by atoms with Crippen molar-refractivity contribution in [1.82, 2.24) is 0 Å². The number of nitrogens with zero attached hydrogens (tertiary/aromatic N) is 1. The number of benzene rings is 1. The summed E-state index contributed by atoms with van der Waals surface area (Å²) in [4.78, 5) is 1.91. The standard InChI is InChI=1S/C9H12N2O2S/c1-11(2)9-6-4-3-5-8(9)10-7-14(12)13/h3-7,10H,1-2H3. The summed E-state index contributed by atoms with van der Waals surface area (Å²) in [6.45, 7) is 0. The van der Waals surface area contributed by atoms with Gasteiger partial charge < -0.3 is 10.2 Å². The van der Waals surface area contributed by atoms with E-state index >= 15 is 0 Å². The van der Waals surface area contributed by atoms with Gasteiger partial charge in [-0.15, -0.1) is 0 Å². The van der Waals surface area contributed by atoms with Crippen molar-refractivity contribution in [2.24, 2.45) is 0 Å². The number of hydrogen-bond acceptors (Lipinski definition) is 3. The van der Waals surface area contributed by atoms with Crippen molar-refractivity contribution < 1.29 is 8.42 Å². The molecule has 14 heavy (non-hydrogen) atoms. The van der Waals surface area contributed by atoms with Crippen molar-refractivity contribution in [3.63, 3.8) is 0 Å². The van der Waals surface area contributed by atoms with Crippen molar-refractivity contribution in [1.29, 1.82) is 0 Å². The highest BCUT2D eigenvalue weighted by atomic mass is 32.2. The number of rotatable bonds is 3. The van der Waals surface area contributed by atoms with Crippen LogP contribution in [0.25, 0.3) is 0 Å². The molecule has 76 valence electrons. The van der Waals surface area contributed by atoms with Gasteiger partial charge in [-0.1, -0.05) is 12.1 Å². The molecule has 0 heterocycles. The predicted molar refractivity (Wildman–Crippen MR) is 59.4 cm³/mol. The first-order valence-electron chi connectivity index (χ1n) is 4.05. The van der Waals surface area contributed by atoms with Gasteiger partial charge in [-0.05, 0) is 12.1 Å². The molecule has 0 saturated heterocycles. The molecular weight excluding hydrogens is 200 g/mol. The molecule has 4 nitrogen and oxygen atoms in total. The molecule has 1 rings (SSSR count).